The molecular weight excluding hydrogens is 352 g/mol. The Morgan fingerprint density at radius 1 is 1.54 bits per heavy atom. The molecule has 0 saturated carbocycles. The van der Waals surface area contributed by atoms with Crippen LogP contribution in [0.25, 0.3) is 0 Å². The molecule has 0 spiro atoms. The average Bonchev–Trinajstić information content (AvgIpc) is 2.59. The number of nitrogens with one attached hydrogen (secondary N) is 1. The van der Waals surface area contributed by atoms with E-state index >= 15 is 0 Å². The lowest BCUT2D eigenvalue weighted by Crippen LogP contribution is -2.45. The lowest BCUT2D eigenvalue weighted by atomic mass is 9.99. The molecule has 1 aromatic rings. The Morgan fingerprint density at radius 2 is 2.29 bits per heavy atom. The number of ether oxygens (including phenoxy) is 1. The maximum atomic E-state index is 12.8. The standard InChI is InChI=1S/C16H21ClN2O4S/c1-3-8-18-16(20)12-5-4-9-19(11-12)24(21,22)13-6-7-15(23-2)14(17)10-13/h3,6-7,10,12H,1,4-5,8-9,11H2,2H3,(H,18,20)/t12-/m0/s1. The van der Waals surface area contributed by atoms with Crippen molar-refractivity contribution in [2.24, 2.45) is 5.92 Å². The SMILES string of the molecule is C=CCNC(=O)[C@H]1CCCN(S(=O)(=O)c2ccc(OC)c(Cl)c2)C1. The fourth-order valence-corrected chi connectivity index (χ4v) is 4.52. The highest BCUT2D eigenvalue weighted by Gasteiger charge is 2.33. The van der Waals surface area contributed by atoms with Gasteiger partial charge in [0.15, 0.2) is 0 Å². The van der Waals surface area contributed by atoms with Gasteiger partial charge in [0.05, 0.1) is 22.9 Å². The van der Waals surface area contributed by atoms with Crippen molar-refractivity contribution in [2.75, 3.05) is 26.7 Å². The first kappa shape index (κ1) is 18.8. The van der Waals surface area contributed by atoms with E-state index in [9.17, 15) is 13.2 Å². The summed E-state index contributed by atoms with van der Waals surface area (Å²) >= 11 is 6.03. The molecule has 2 rings (SSSR count). The molecule has 1 amide bonds. The van der Waals surface area contributed by atoms with Crippen LogP contribution in [0.4, 0.5) is 0 Å². The number of halogens is 1. The predicted molar refractivity (Wildman–Crippen MR) is 92.7 cm³/mol. The number of piperidine rings is 1. The number of amides is 1. The van der Waals surface area contributed by atoms with Crippen LogP contribution >= 0.6 is 11.6 Å². The Hall–Kier alpha value is -1.57. The van der Waals surface area contributed by atoms with E-state index in [0.717, 1.165) is 0 Å². The summed E-state index contributed by atoms with van der Waals surface area (Å²) in [4.78, 5) is 12.2. The zero-order valence-electron chi connectivity index (χ0n) is 13.5. The van der Waals surface area contributed by atoms with E-state index in [1.165, 1.54) is 29.6 Å². The maximum Gasteiger partial charge on any atom is 0.243 e. The van der Waals surface area contributed by atoms with Crippen molar-refractivity contribution in [3.63, 3.8) is 0 Å². The molecule has 0 bridgehead atoms. The molecule has 1 N–H and O–H groups in total. The molecule has 0 aliphatic carbocycles. The fourth-order valence-electron chi connectivity index (χ4n) is 2.65. The first-order chi connectivity index (χ1) is 11.4. The van der Waals surface area contributed by atoms with Gasteiger partial charge in [0.2, 0.25) is 15.9 Å². The van der Waals surface area contributed by atoms with Crippen molar-refractivity contribution in [3.05, 3.63) is 35.9 Å². The lowest BCUT2D eigenvalue weighted by Gasteiger charge is -2.31. The van der Waals surface area contributed by atoms with Gasteiger partial charge in [0, 0.05) is 19.6 Å². The van der Waals surface area contributed by atoms with E-state index in [1.54, 1.807) is 6.08 Å². The quantitative estimate of drug-likeness (QED) is 0.775. The van der Waals surface area contributed by atoms with Crippen molar-refractivity contribution in [1.29, 1.82) is 0 Å². The van der Waals surface area contributed by atoms with Crippen molar-refractivity contribution in [1.82, 2.24) is 9.62 Å². The number of hydrogen-bond donors (Lipinski definition) is 1. The number of benzene rings is 1. The van der Waals surface area contributed by atoms with E-state index in [2.05, 4.69) is 11.9 Å². The van der Waals surface area contributed by atoms with Gasteiger partial charge in [-0.3, -0.25) is 4.79 Å². The molecule has 24 heavy (non-hydrogen) atoms. The van der Waals surface area contributed by atoms with Gasteiger partial charge in [-0.15, -0.1) is 6.58 Å². The van der Waals surface area contributed by atoms with Crippen LogP contribution in [0.15, 0.2) is 35.7 Å². The van der Waals surface area contributed by atoms with Gasteiger partial charge >= 0.3 is 0 Å². The molecule has 0 radical (unpaired) electrons. The summed E-state index contributed by atoms with van der Waals surface area (Å²) in [7, 11) is -2.24. The third-order valence-corrected chi connectivity index (χ3v) is 6.09. The van der Waals surface area contributed by atoms with Crippen LogP contribution in [-0.2, 0) is 14.8 Å². The van der Waals surface area contributed by atoms with E-state index in [0.29, 0.717) is 31.7 Å². The Kier molecular flexibility index (Phi) is 6.26. The number of sulfonamides is 1. The zero-order valence-corrected chi connectivity index (χ0v) is 15.1. The molecule has 1 heterocycles. The second kappa shape index (κ2) is 8.00. The number of carbonyl (C=O) groups excluding carboxylic acids is 1. The van der Waals surface area contributed by atoms with Crippen molar-refractivity contribution < 1.29 is 17.9 Å². The molecule has 1 saturated heterocycles. The van der Waals surface area contributed by atoms with Crippen LogP contribution in [0.1, 0.15) is 12.8 Å². The Morgan fingerprint density at radius 3 is 2.92 bits per heavy atom. The van der Waals surface area contributed by atoms with Crippen LogP contribution in [0.3, 0.4) is 0 Å². The van der Waals surface area contributed by atoms with Gasteiger partial charge in [0.1, 0.15) is 5.75 Å². The molecule has 6 nitrogen and oxygen atoms in total. The number of methoxy groups -OCH3 is 1. The first-order valence-electron chi connectivity index (χ1n) is 7.62. The summed E-state index contributed by atoms with van der Waals surface area (Å²) in [5.74, 6) is -0.0966. The smallest absolute Gasteiger partial charge is 0.243 e. The summed E-state index contributed by atoms with van der Waals surface area (Å²) in [6, 6.07) is 4.35. The van der Waals surface area contributed by atoms with Gasteiger partial charge in [-0.25, -0.2) is 8.42 Å². The normalized spacial score (nSPS) is 18.8. The Labute approximate surface area is 147 Å². The van der Waals surface area contributed by atoms with Crippen molar-refractivity contribution >= 4 is 27.5 Å². The monoisotopic (exact) mass is 372 g/mol. The molecule has 8 heteroatoms. The summed E-state index contributed by atoms with van der Waals surface area (Å²) < 4.78 is 32.0. The molecule has 1 atom stereocenters. The summed E-state index contributed by atoms with van der Waals surface area (Å²) in [6.45, 7) is 4.47. The second-order valence-electron chi connectivity index (χ2n) is 5.53. The maximum absolute atomic E-state index is 12.8. The van der Waals surface area contributed by atoms with E-state index in [4.69, 9.17) is 16.3 Å². The molecule has 132 valence electrons. The number of rotatable bonds is 6. The second-order valence-corrected chi connectivity index (χ2v) is 7.88. The number of nitrogens with zero attached hydrogens (tertiary/aromatic N) is 1. The van der Waals surface area contributed by atoms with Crippen molar-refractivity contribution in [3.8, 4) is 5.75 Å². The average molecular weight is 373 g/mol. The van der Waals surface area contributed by atoms with Crippen LogP contribution in [0.2, 0.25) is 5.02 Å². The summed E-state index contributed by atoms with van der Waals surface area (Å²) in [5.41, 5.74) is 0. The summed E-state index contributed by atoms with van der Waals surface area (Å²) in [5, 5.41) is 2.95. The molecule has 1 aliphatic heterocycles. The third kappa shape index (κ3) is 4.09. The van der Waals surface area contributed by atoms with E-state index < -0.39 is 10.0 Å². The van der Waals surface area contributed by atoms with Crippen LogP contribution in [-0.4, -0.2) is 45.4 Å². The number of hydrogen-bond acceptors (Lipinski definition) is 4. The minimum absolute atomic E-state index is 0.0976. The third-order valence-electron chi connectivity index (χ3n) is 3.94. The topological polar surface area (TPSA) is 75.7 Å². The zero-order chi connectivity index (χ0) is 17.7. The molecule has 0 aromatic heterocycles. The lowest BCUT2D eigenvalue weighted by molar-refractivity contribution is -0.125. The largest absolute Gasteiger partial charge is 0.495 e. The van der Waals surface area contributed by atoms with E-state index in [-0.39, 0.29) is 28.3 Å². The van der Waals surface area contributed by atoms with Crippen LogP contribution in [0.5, 0.6) is 5.75 Å². The van der Waals surface area contributed by atoms with Crippen LogP contribution < -0.4 is 10.1 Å². The predicted octanol–water partition coefficient (Wildman–Crippen LogP) is 2.05. The minimum Gasteiger partial charge on any atom is -0.495 e. The fraction of sp³-hybridized carbons (Fsp3) is 0.438. The molecule has 1 fully saturated rings. The number of carbonyl (C=O) groups is 1. The summed E-state index contributed by atoms with van der Waals surface area (Å²) in [6.07, 6.45) is 2.89. The van der Waals surface area contributed by atoms with E-state index in [1.807, 2.05) is 0 Å². The minimum atomic E-state index is -3.70. The Balaban J connectivity index is 2.18. The van der Waals surface area contributed by atoms with Crippen molar-refractivity contribution in [2.45, 2.75) is 17.7 Å². The van der Waals surface area contributed by atoms with Gasteiger partial charge in [0.25, 0.3) is 0 Å². The first-order valence-corrected chi connectivity index (χ1v) is 9.44. The molecule has 1 aromatic carbocycles. The molecule has 1 aliphatic rings. The Bertz CT molecular complexity index is 721. The van der Waals surface area contributed by atoms with Gasteiger partial charge in [-0.1, -0.05) is 17.7 Å². The molecule has 0 unspecified atom stereocenters. The highest BCUT2D eigenvalue weighted by Crippen LogP contribution is 2.30. The molecular formula is C16H21ClN2O4S. The van der Waals surface area contributed by atoms with Gasteiger partial charge < -0.3 is 10.1 Å². The van der Waals surface area contributed by atoms with Crippen LogP contribution in [0, 0.1) is 5.92 Å². The van der Waals surface area contributed by atoms with Gasteiger partial charge in [-0.2, -0.15) is 4.31 Å². The van der Waals surface area contributed by atoms with Gasteiger partial charge in [-0.05, 0) is 31.0 Å². The highest BCUT2D eigenvalue weighted by atomic mass is 35.5. The highest BCUT2D eigenvalue weighted by molar-refractivity contribution is 7.89.